The Bertz CT molecular complexity index is 434. The van der Waals surface area contributed by atoms with Crippen LogP contribution in [0.15, 0.2) is 27.8 Å². The highest BCUT2D eigenvalue weighted by Gasteiger charge is 2.08. The molecular weight excluding hydrogens is 278 g/mol. The molecule has 0 atom stereocenters. The molecule has 0 aliphatic rings. The molecule has 0 saturated carbocycles. The first-order valence-corrected chi connectivity index (χ1v) is 5.07. The van der Waals surface area contributed by atoms with E-state index in [9.17, 15) is 9.90 Å². The highest BCUT2D eigenvalue weighted by molar-refractivity contribution is 9.10. The smallest absolute Gasteiger partial charge is 0.251 e. The van der Waals surface area contributed by atoms with Crippen molar-refractivity contribution < 1.29 is 15.1 Å². The predicted molar refractivity (Wildman–Crippen MR) is 61.5 cm³/mol. The normalized spacial score (nSPS) is 11.2. The van der Waals surface area contributed by atoms with Gasteiger partial charge in [-0.25, -0.2) is 0 Å². The monoisotopic (exact) mass is 287 g/mol. The van der Waals surface area contributed by atoms with Crippen molar-refractivity contribution in [3.63, 3.8) is 0 Å². The van der Waals surface area contributed by atoms with E-state index in [1.165, 1.54) is 12.1 Å². The number of amides is 1. The van der Waals surface area contributed by atoms with Crippen molar-refractivity contribution in [3.05, 3.63) is 28.2 Å². The molecule has 1 rings (SSSR count). The maximum absolute atomic E-state index is 11.5. The van der Waals surface area contributed by atoms with Gasteiger partial charge < -0.3 is 21.4 Å². The highest BCUT2D eigenvalue weighted by Crippen LogP contribution is 2.24. The van der Waals surface area contributed by atoms with Gasteiger partial charge in [0.1, 0.15) is 5.75 Å². The second-order valence-corrected chi connectivity index (χ2v) is 3.79. The third-order valence-corrected chi connectivity index (χ3v) is 2.44. The number of hydrogen-bond acceptors (Lipinski definition) is 4. The van der Waals surface area contributed by atoms with Crippen LogP contribution in [-0.2, 0) is 0 Å². The lowest BCUT2D eigenvalue weighted by molar-refractivity contribution is 0.0958. The summed E-state index contributed by atoms with van der Waals surface area (Å²) in [7, 11) is 0. The van der Waals surface area contributed by atoms with E-state index >= 15 is 0 Å². The Morgan fingerprint density at radius 2 is 2.25 bits per heavy atom. The first kappa shape index (κ1) is 12.3. The van der Waals surface area contributed by atoms with Crippen LogP contribution in [0.1, 0.15) is 10.4 Å². The van der Waals surface area contributed by atoms with E-state index in [0.717, 1.165) is 0 Å². The predicted octanol–water partition coefficient (Wildman–Crippen LogP) is 0.631. The fourth-order valence-corrected chi connectivity index (χ4v) is 1.21. The minimum atomic E-state index is -0.422. The molecule has 86 valence electrons. The Labute approximate surface area is 99.9 Å². The number of nitrogens with zero attached hydrogens (tertiary/aromatic N) is 1. The number of benzene rings is 1. The van der Waals surface area contributed by atoms with Crippen LogP contribution in [0.2, 0.25) is 0 Å². The minimum absolute atomic E-state index is 0.0311. The van der Waals surface area contributed by atoms with Crippen molar-refractivity contribution in [2.45, 2.75) is 0 Å². The van der Waals surface area contributed by atoms with Crippen molar-refractivity contribution in [2.24, 2.45) is 10.9 Å². The van der Waals surface area contributed by atoms with Gasteiger partial charge in [-0.05, 0) is 34.1 Å². The summed E-state index contributed by atoms with van der Waals surface area (Å²) in [5.74, 6) is -0.555. The molecule has 0 unspecified atom stereocenters. The lowest BCUT2D eigenvalue weighted by Crippen LogP contribution is -2.33. The summed E-state index contributed by atoms with van der Waals surface area (Å²) in [6.07, 6.45) is 0. The largest absolute Gasteiger partial charge is 0.507 e. The maximum Gasteiger partial charge on any atom is 0.251 e. The third-order valence-electron chi connectivity index (χ3n) is 1.77. The zero-order valence-corrected chi connectivity index (χ0v) is 9.73. The summed E-state index contributed by atoms with van der Waals surface area (Å²) in [4.78, 5) is 11.5. The van der Waals surface area contributed by atoms with Gasteiger partial charge in [-0.2, -0.15) is 0 Å². The molecule has 1 aromatic rings. The van der Waals surface area contributed by atoms with Crippen LogP contribution in [0.5, 0.6) is 5.75 Å². The van der Waals surface area contributed by atoms with Crippen molar-refractivity contribution in [3.8, 4) is 5.75 Å². The molecule has 7 heteroatoms. The van der Waals surface area contributed by atoms with Gasteiger partial charge in [-0.15, -0.1) is 0 Å². The van der Waals surface area contributed by atoms with Gasteiger partial charge in [0, 0.05) is 5.56 Å². The number of phenolic OH excluding ortho intramolecular Hbond substituents is 1. The summed E-state index contributed by atoms with van der Waals surface area (Å²) in [5, 5.41) is 22.7. The molecule has 0 saturated heterocycles. The zero-order valence-electron chi connectivity index (χ0n) is 8.14. The van der Waals surface area contributed by atoms with Crippen molar-refractivity contribution in [1.29, 1.82) is 0 Å². The van der Waals surface area contributed by atoms with Gasteiger partial charge in [0.05, 0.1) is 11.0 Å². The van der Waals surface area contributed by atoms with E-state index < -0.39 is 5.91 Å². The lowest BCUT2D eigenvalue weighted by atomic mass is 10.2. The SMILES string of the molecule is N/C(CNC(=O)c1ccc(Br)c(O)c1)=N/O. The van der Waals surface area contributed by atoms with E-state index in [2.05, 4.69) is 26.4 Å². The molecule has 0 aromatic heterocycles. The number of aromatic hydroxyl groups is 1. The number of oxime groups is 1. The van der Waals surface area contributed by atoms with Crippen molar-refractivity contribution >= 4 is 27.7 Å². The second-order valence-electron chi connectivity index (χ2n) is 2.94. The quantitative estimate of drug-likeness (QED) is 0.283. The first-order valence-electron chi connectivity index (χ1n) is 4.27. The zero-order chi connectivity index (χ0) is 12.1. The third kappa shape index (κ3) is 3.13. The van der Waals surface area contributed by atoms with Crippen LogP contribution < -0.4 is 11.1 Å². The van der Waals surface area contributed by atoms with Crippen LogP contribution in [-0.4, -0.2) is 28.6 Å². The Balaban J connectivity index is 2.70. The summed E-state index contributed by atoms with van der Waals surface area (Å²) >= 11 is 3.10. The number of hydrogen-bond donors (Lipinski definition) is 4. The Morgan fingerprint density at radius 3 is 2.81 bits per heavy atom. The molecule has 0 bridgehead atoms. The molecule has 0 aliphatic carbocycles. The topological polar surface area (TPSA) is 108 Å². The molecule has 16 heavy (non-hydrogen) atoms. The van der Waals surface area contributed by atoms with Crippen LogP contribution in [0.4, 0.5) is 0 Å². The van der Waals surface area contributed by atoms with E-state index in [4.69, 9.17) is 10.9 Å². The van der Waals surface area contributed by atoms with Crippen LogP contribution in [0.3, 0.4) is 0 Å². The van der Waals surface area contributed by atoms with Crippen LogP contribution in [0.25, 0.3) is 0 Å². The van der Waals surface area contributed by atoms with Gasteiger partial charge in [-0.3, -0.25) is 4.79 Å². The van der Waals surface area contributed by atoms with Crippen LogP contribution in [0, 0.1) is 0 Å². The molecule has 0 heterocycles. The highest BCUT2D eigenvalue weighted by atomic mass is 79.9. The van der Waals surface area contributed by atoms with E-state index in [1.54, 1.807) is 6.07 Å². The molecule has 1 amide bonds. The minimum Gasteiger partial charge on any atom is -0.507 e. The molecule has 5 N–H and O–H groups in total. The van der Waals surface area contributed by atoms with Gasteiger partial charge >= 0.3 is 0 Å². The Kier molecular flexibility index (Phi) is 4.12. The molecule has 0 spiro atoms. The lowest BCUT2D eigenvalue weighted by Gasteiger charge is -2.05. The number of amidine groups is 1. The summed E-state index contributed by atoms with van der Waals surface area (Å²) < 4.78 is 0.500. The van der Waals surface area contributed by atoms with Crippen molar-refractivity contribution in [2.75, 3.05) is 6.54 Å². The fourth-order valence-electron chi connectivity index (χ4n) is 0.962. The van der Waals surface area contributed by atoms with Gasteiger partial charge in [0.25, 0.3) is 5.91 Å². The van der Waals surface area contributed by atoms with Gasteiger partial charge in [0.15, 0.2) is 5.84 Å². The molecule has 0 radical (unpaired) electrons. The molecule has 6 nitrogen and oxygen atoms in total. The fraction of sp³-hybridized carbons (Fsp3) is 0.111. The van der Waals surface area contributed by atoms with E-state index in [0.29, 0.717) is 4.47 Å². The number of halogens is 1. The number of phenols is 1. The standard InChI is InChI=1S/C9H10BrN3O3/c10-6-2-1-5(3-7(6)14)9(15)12-4-8(11)13-16/h1-3,14,16H,4H2,(H2,11,13)(H,12,15). The number of rotatable bonds is 3. The first-order chi connectivity index (χ1) is 7.54. The van der Waals surface area contributed by atoms with E-state index in [1.807, 2.05) is 0 Å². The number of carbonyl (C=O) groups excluding carboxylic acids is 1. The van der Waals surface area contributed by atoms with Gasteiger partial charge in [0.2, 0.25) is 0 Å². The summed E-state index contributed by atoms with van der Waals surface area (Å²) in [5.41, 5.74) is 5.47. The average Bonchev–Trinajstić information content (AvgIpc) is 2.29. The molecule has 0 fully saturated rings. The molecular formula is C9H10BrN3O3. The van der Waals surface area contributed by atoms with Crippen molar-refractivity contribution in [1.82, 2.24) is 5.32 Å². The Morgan fingerprint density at radius 1 is 1.56 bits per heavy atom. The van der Waals surface area contributed by atoms with E-state index in [-0.39, 0.29) is 23.7 Å². The average molecular weight is 288 g/mol. The molecule has 0 aliphatic heterocycles. The number of nitrogens with two attached hydrogens (primary N) is 1. The second kappa shape index (κ2) is 5.36. The number of carbonyl (C=O) groups is 1. The summed E-state index contributed by atoms with van der Waals surface area (Å²) in [6.45, 7) is -0.0633. The molecule has 1 aromatic carbocycles. The van der Waals surface area contributed by atoms with Crippen LogP contribution >= 0.6 is 15.9 Å². The van der Waals surface area contributed by atoms with Gasteiger partial charge in [-0.1, -0.05) is 5.16 Å². The maximum atomic E-state index is 11.5. The Hall–Kier alpha value is -1.76. The summed E-state index contributed by atoms with van der Waals surface area (Å²) in [6, 6.07) is 4.39. The number of nitrogens with one attached hydrogen (secondary N) is 1.